The van der Waals surface area contributed by atoms with Crippen LogP contribution in [0.1, 0.15) is 46.0 Å². The fourth-order valence-corrected chi connectivity index (χ4v) is 3.11. The van der Waals surface area contributed by atoms with E-state index in [4.69, 9.17) is 0 Å². The summed E-state index contributed by atoms with van der Waals surface area (Å²) in [5.41, 5.74) is 2.94. The van der Waals surface area contributed by atoms with E-state index in [2.05, 4.69) is 16.0 Å². The summed E-state index contributed by atoms with van der Waals surface area (Å²) < 4.78 is 0. The number of fused-ring (bicyclic) bond motifs is 1. The monoisotopic (exact) mass is 326 g/mol. The quantitative estimate of drug-likeness (QED) is 0.935. The molecule has 24 heavy (non-hydrogen) atoms. The van der Waals surface area contributed by atoms with Crippen LogP contribution in [0.2, 0.25) is 0 Å². The van der Waals surface area contributed by atoms with Crippen molar-refractivity contribution in [3.63, 3.8) is 0 Å². The molecule has 0 atom stereocenters. The van der Waals surface area contributed by atoms with E-state index in [9.17, 15) is 9.59 Å². The minimum atomic E-state index is -0.206. The first kappa shape index (κ1) is 16.2. The number of H-pyrrole nitrogens is 1. The summed E-state index contributed by atoms with van der Waals surface area (Å²) in [6.07, 6.45) is 2.25. The molecule has 2 aromatic rings. The number of hydrogen-bond acceptors (Lipinski definition) is 3. The van der Waals surface area contributed by atoms with Crippen molar-refractivity contribution in [1.29, 1.82) is 0 Å². The summed E-state index contributed by atoms with van der Waals surface area (Å²) in [4.78, 5) is 35.8. The predicted octanol–water partition coefficient (Wildman–Crippen LogP) is 2.09. The maximum absolute atomic E-state index is 12.9. The van der Waals surface area contributed by atoms with Crippen LogP contribution in [0, 0.1) is 0 Å². The molecule has 0 saturated heterocycles. The smallest absolute Gasteiger partial charge is 0.274 e. The van der Waals surface area contributed by atoms with Gasteiger partial charge < -0.3 is 14.8 Å². The Labute approximate surface area is 141 Å². The number of nitrogens with zero attached hydrogens (tertiary/aromatic N) is 3. The number of rotatable bonds is 4. The lowest BCUT2D eigenvalue weighted by molar-refractivity contribution is 0.0704. The Morgan fingerprint density at radius 2 is 1.92 bits per heavy atom. The van der Waals surface area contributed by atoms with E-state index in [1.807, 2.05) is 32.0 Å². The van der Waals surface area contributed by atoms with Gasteiger partial charge in [-0.2, -0.15) is 0 Å². The van der Waals surface area contributed by atoms with Crippen molar-refractivity contribution < 1.29 is 9.59 Å². The standard InChI is InChI=1S/C18H22N4O2/c1-3-21(4-2)17(23)15-16(20-12-19-15)18(24)22-10-9-13-7-5-6-8-14(13)11-22/h5-8,12H,3-4,9-11H2,1-2H3,(H,19,20). The molecule has 1 aliphatic rings. The van der Waals surface area contributed by atoms with Gasteiger partial charge in [-0.25, -0.2) is 4.98 Å². The number of amides is 2. The van der Waals surface area contributed by atoms with Gasteiger partial charge in [-0.05, 0) is 31.4 Å². The molecule has 2 heterocycles. The van der Waals surface area contributed by atoms with Crippen LogP contribution in [-0.4, -0.2) is 51.2 Å². The second kappa shape index (κ2) is 6.86. The molecule has 0 spiro atoms. The molecule has 0 unspecified atom stereocenters. The number of aromatic amines is 1. The lowest BCUT2D eigenvalue weighted by atomic mass is 9.99. The highest BCUT2D eigenvalue weighted by atomic mass is 16.2. The second-order valence-electron chi connectivity index (χ2n) is 5.85. The Morgan fingerprint density at radius 1 is 1.21 bits per heavy atom. The summed E-state index contributed by atoms with van der Waals surface area (Å²) in [6.45, 7) is 6.22. The molecule has 1 aromatic carbocycles. The molecule has 1 aromatic heterocycles. The van der Waals surface area contributed by atoms with Crippen molar-refractivity contribution in [1.82, 2.24) is 19.8 Å². The van der Waals surface area contributed by atoms with Crippen molar-refractivity contribution in [2.24, 2.45) is 0 Å². The third-order valence-corrected chi connectivity index (χ3v) is 4.52. The third kappa shape index (κ3) is 2.91. The Kier molecular flexibility index (Phi) is 4.64. The van der Waals surface area contributed by atoms with Gasteiger partial charge in [0.15, 0.2) is 5.69 Å². The zero-order chi connectivity index (χ0) is 17.1. The number of benzene rings is 1. The predicted molar refractivity (Wildman–Crippen MR) is 90.7 cm³/mol. The van der Waals surface area contributed by atoms with Crippen LogP contribution in [0.15, 0.2) is 30.6 Å². The zero-order valence-electron chi connectivity index (χ0n) is 14.1. The molecule has 3 rings (SSSR count). The van der Waals surface area contributed by atoms with E-state index in [1.165, 1.54) is 11.9 Å². The Morgan fingerprint density at radius 3 is 2.62 bits per heavy atom. The Bertz CT molecular complexity index is 749. The highest BCUT2D eigenvalue weighted by molar-refractivity contribution is 6.04. The minimum Gasteiger partial charge on any atom is -0.340 e. The van der Waals surface area contributed by atoms with E-state index in [1.54, 1.807) is 9.80 Å². The summed E-state index contributed by atoms with van der Waals surface area (Å²) >= 11 is 0. The first-order valence-electron chi connectivity index (χ1n) is 8.34. The molecular formula is C18H22N4O2. The van der Waals surface area contributed by atoms with E-state index < -0.39 is 0 Å². The molecule has 6 heteroatoms. The van der Waals surface area contributed by atoms with Crippen molar-refractivity contribution in [3.05, 3.63) is 53.1 Å². The fourth-order valence-electron chi connectivity index (χ4n) is 3.11. The highest BCUT2D eigenvalue weighted by Crippen LogP contribution is 2.21. The Hall–Kier alpha value is -2.63. The normalized spacial score (nSPS) is 13.5. The maximum Gasteiger partial charge on any atom is 0.274 e. The molecule has 0 bridgehead atoms. The largest absolute Gasteiger partial charge is 0.340 e. The first-order valence-corrected chi connectivity index (χ1v) is 8.34. The molecule has 6 nitrogen and oxygen atoms in total. The van der Waals surface area contributed by atoms with Gasteiger partial charge in [0.05, 0.1) is 6.33 Å². The molecule has 1 aliphatic heterocycles. The van der Waals surface area contributed by atoms with Crippen LogP contribution in [0.5, 0.6) is 0 Å². The lowest BCUT2D eigenvalue weighted by Crippen LogP contribution is -2.38. The molecular weight excluding hydrogens is 304 g/mol. The molecule has 0 saturated carbocycles. The van der Waals surface area contributed by atoms with Gasteiger partial charge in [0.1, 0.15) is 5.69 Å². The van der Waals surface area contributed by atoms with Crippen molar-refractivity contribution >= 4 is 11.8 Å². The number of carbonyl (C=O) groups is 2. The van der Waals surface area contributed by atoms with Gasteiger partial charge in [-0.15, -0.1) is 0 Å². The van der Waals surface area contributed by atoms with Gasteiger partial charge >= 0.3 is 0 Å². The topological polar surface area (TPSA) is 69.3 Å². The van der Waals surface area contributed by atoms with E-state index >= 15 is 0 Å². The Balaban J connectivity index is 1.82. The van der Waals surface area contributed by atoms with Crippen molar-refractivity contribution in [2.45, 2.75) is 26.8 Å². The van der Waals surface area contributed by atoms with Gasteiger partial charge in [-0.3, -0.25) is 9.59 Å². The van der Waals surface area contributed by atoms with E-state index in [0.717, 1.165) is 12.0 Å². The van der Waals surface area contributed by atoms with Crippen LogP contribution in [-0.2, 0) is 13.0 Å². The average molecular weight is 326 g/mol. The summed E-state index contributed by atoms with van der Waals surface area (Å²) in [6, 6.07) is 8.15. The average Bonchev–Trinajstić information content (AvgIpc) is 3.11. The summed E-state index contributed by atoms with van der Waals surface area (Å²) in [5.74, 6) is -0.375. The molecule has 0 aliphatic carbocycles. The lowest BCUT2D eigenvalue weighted by Gasteiger charge is -2.28. The molecule has 2 amide bonds. The summed E-state index contributed by atoms with van der Waals surface area (Å²) in [7, 11) is 0. The second-order valence-corrected chi connectivity index (χ2v) is 5.85. The zero-order valence-corrected chi connectivity index (χ0v) is 14.1. The van der Waals surface area contributed by atoms with Crippen LogP contribution in [0.4, 0.5) is 0 Å². The SMILES string of the molecule is CCN(CC)C(=O)c1nc[nH]c1C(=O)N1CCc2ccccc2C1. The number of imidazole rings is 1. The highest BCUT2D eigenvalue weighted by Gasteiger charge is 2.28. The van der Waals surface area contributed by atoms with Crippen molar-refractivity contribution in [3.8, 4) is 0 Å². The third-order valence-electron chi connectivity index (χ3n) is 4.52. The van der Waals surface area contributed by atoms with Crippen LogP contribution < -0.4 is 0 Å². The van der Waals surface area contributed by atoms with E-state index in [0.29, 0.717) is 26.2 Å². The maximum atomic E-state index is 12.9. The van der Waals surface area contributed by atoms with Crippen LogP contribution >= 0.6 is 0 Å². The van der Waals surface area contributed by atoms with E-state index in [-0.39, 0.29) is 23.2 Å². The minimum absolute atomic E-state index is 0.169. The van der Waals surface area contributed by atoms with Crippen LogP contribution in [0.25, 0.3) is 0 Å². The first-order chi connectivity index (χ1) is 11.7. The number of nitrogens with one attached hydrogen (secondary N) is 1. The van der Waals surface area contributed by atoms with Crippen molar-refractivity contribution in [2.75, 3.05) is 19.6 Å². The molecule has 1 N–H and O–H groups in total. The molecule has 0 fully saturated rings. The van der Waals surface area contributed by atoms with Gasteiger partial charge in [0.25, 0.3) is 11.8 Å². The number of aromatic nitrogens is 2. The molecule has 0 radical (unpaired) electrons. The fraction of sp³-hybridized carbons (Fsp3) is 0.389. The van der Waals surface area contributed by atoms with Gasteiger partial charge in [0, 0.05) is 26.2 Å². The number of carbonyl (C=O) groups excluding carboxylic acids is 2. The molecule has 126 valence electrons. The summed E-state index contributed by atoms with van der Waals surface area (Å²) in [5, 5.41) is 0. The van der Waals surface area contributed by atoms with Gasteiger partial charge in [-0.1, -0.05) is 24.3 Å². The number of hydrogen-bond donors (Lipinski definition) is 1. The van der Waals surface area contributed by atoms with Crippen LogP contribution in [0.3, 0.4) is 0 Å². The van der Waals surface area contributed by atoms with Gasteiger partial charge in [0.2, 0.25) is 0 Å².